The van der Waals surface area contributed by atoms with Gasteiger partial charge in [-0.1, -0.05) is 36.7 Å². The fourth-order valence-electron chi connectivity index (χ4n) is 3.82. The smallest absolute Gasteiger partial charge is 0.289 e. The number of nitrogens with one attached hydrogen (secondary N) is 1. The van der Waals surface area contributed by atoms with E-state index in [4.69, 9.17) is 9.15 Å². The summed E-state index contributed by atoms with van der Waals surface area (Å²) in [7, 11) is 1.55. The Kier molecular flexibility index (Phi) is 4.82. The van der Waals surface area contributed by atoms with E-state index in [-0.39, 0.29) is 40.7 Å². The van der Waals surface area contributed by atoms with Crippen LogP contribution in [0.5, 0.6) is 5.75 Å². The van der Waals surface area contributed by atoms with Crippen LogP contribution in [0.4, 0.5) is 4.79 Å². The molecular formula is C19H20N2O5S. The zero-order valence-electron chi connectivity index (χ0n) is 14.9. The Morgan fingerprint density at radius 2 is 2.11 bits per heavy atom. The van der Waals surface area contributed by atoms with E-state index in [0.717, 1.165) is 36.4 Å². The van der Waals surface area contributed by atoms with E-state index in [1.54, 1.807) is 19.2 Å². The maximum Gasteiger partial charge on any atom is 0.289 e. The molecule has 8 heteroatoms. The van der Waals surface area contributed by atoms with Crippen molar-refractivity contribution in [1.82, 2.24) is 10.2 Å². The largest absolute Gasteiger partial charge is 0.493 e. The van der Waals surface area contributed by atoms with Crippen molar-refractivity contribution in [3.8, 4) is 5.75 Å². The number of imide groups is 1. The maximum atomic E-state index is 12.8. The molecule has 27 heavy (non-hydrogen) atoms. The van der Waals surface area contributed by atoms with Crippen LogP contribution >= 0.6 is 11.8 Å². The summed E-state index contributed by atoms with van der Waals surface area (Å²) in [5, 5.41) is 3.53. The minimum Gasteiger partial charge on any atom is -0.493 e. The molecule has 0 radical (unpaired) electrons. The Morgan fingerprint density at radius 1 is 1.30 bits per heavy atom. The van der Waals surface area contributed by atoms with Crippen LogP contribution in [0.25, 0.3) is 11.0 Å². The van der Waals surface area contributed by atoms with Gasteiger partial charge in [0.25, 0.3) is 11.1 Å². The Bertz CT molecular complexity index is 893. The third kappa shape index (κ3) is 3.29. The number of amides is 3. The highest BCUT2D eigenvalue weighted by molar-refractivity contribution is 8.14. The van der Waals surface area contributed by atoms with Crippen molar-refractivity contribution in [2.75, 3.05) is 12.9 Å². The first kappa shape index (κ1) is 17.9. The minimum absolute atomic E-state index is 0.176. The summed E-state index contributed by atoms with van der Waals surface area (Å²) in [6, 6.07) is 6.56. The Morgan fingerprint density at radius 3 is 2.85 bits per heavy atom. The number of fused-ring (bicyclic) bond motifs is 1. The van der Waals surface area contributed by atoms with Crippen molar-refractivity contribution in [3.05, 3.63) is 30.0 Å². The summed E-state index contributed by atoms with van der Waals surface area (Å²) in [5.41, 5.74) is 0.520. The van der Waals surface area contributed by atoms with Gasteiger partial charge in [0.2, 0.25) is 5.91 Å². The summed E-state index contributed by atoms with van der Waals surface area (Å²) in [5.74, 6) is 0.403. The highest BCUT2D eigenvalue weighted by atomic mass is 32.2. The fraction of sp³-hybridized carbons (Fsp3) is 0.421. The van der Waals surface area contributed by atoms with Gasteiger partial charge in [0.05, 0.1) is 24.9 Å². The lowest BCUT2D eigenvalue weighted by Gasteiger charge is -2.36. The molecule has 2 aliphatic rings. The lowest BCUT2D eigenvalue weighted by atomic mass is 9.89. The molecule has 0 spiro atoms. The molecule has 1 aromatic carbocycles. The maximum absolute atomic E-state index is 12.8. The third-order valence-electron chi connectivity index (χ3n) is 5.11. The van der Waals surface area contributed by atoms with Gasteiger partial charge in [-0.15, -0.1) is 0 Å². The number of carbonyl (C=O) groups is 3. The molecule has 142 valence electrons. The van der Waals surface area contributed by atoms with E-state index in [0.29, 0.717) is 17.8 Å². The van der Waals surface area contributed by atoms with Crippen molar-refractivity contribution in [2.45, 2.75) is 37.8 Å². The van der Waals surface area contributed by atoms with Gasteiger partial charge in [-0.05, 0) is 25.0 Å². The van der Waals surface area contributed by atoms with Crippen LogP contribution in [0.3, 0.4) is 0 Å². The number of thioether (sulfide) groups is 1. The SMILES string of the molecule is COc1cccc2cc(C(=O)N[C@@H]3CCCC[C@@H]3N3C(=O)CSC3=O)oc12. The van der Waals surface area contributed by atoms with Crippen LogP contribution in [0.15, 0.2) is 28.7 Å². The quantitative estimate of drug-likeness (QED) is 0.865. The number of carbonyl (C=O) groups excluding carboxylic acids is 3. The monoisotopic (exact) mass is 388 g/mol. The number of para-hydroxylation sites is 1. The lowest BCUT2D eigenvalue weighted by Crippen LogP contribution is -2.54. The van der Waals surface area contributed by atoms with Crippen LogP contribution in [0.2, 0.25) is 0 Å². The van der Waals surface area contributed by atoms with Gasteiger partial charge in [-0.25, -0.2) is 0 Å². The summed E-state index contributed by atoms with van der Waals surface area (Å²) in [6.45, 7) is 0. The zero-order chi connectivity index (χ0) is 19.0. The van der Waals surface area contributed by atoms with Crippen molar-refractivity contribution in [2.24, 2.45) is 0 Å². The molecule has 3 amide bonds. The topological polar surface area (TPSA) is 88.9 Å². The first-order chi connectivity index (χ1) is 13.1. The zero-order valence-corrected chi connectivity index (χ0v) is 15.7. The Balaban J connectivity index is 1.55. The second-order valence-electron chi connectivity index (χ2n) is 6.74. The van der Waals surface area contributed by atoms with Crippen LogP contribution in [-0.2, 0) is 4.79 Å². The predicted molar refractivity (Wildman–Crippen MR) is 101 cm³/mol. The molecule has 1 aliphatic heterocycles. The van der Waals surface area contributed by atoms with E-state index in [2.05, 4.69) is 5.32 Å². The Labute approximate surface area is 160 Å². The Hall–Kier alpha value is -2.48. The molecule has 2 atom stereocenters. The summed E-state index contributed by atoms with van der Waals surface area (Å²) >= 11 is 1.02. The second kappa shape index (κ2) is 7.26. The van der Waals surface area contributed by atoms with Crippen LogP contribution in [0.1, 0.15) is 36.2 Å². The molecule has 4 rings (SSSR count). The first-order valence-corrected chi connectivity index (χ1v) is 9.93. The lowest BCUT2D eigenvalue weighted by molar-refractivity contribution is -0.127. The number of hydrogen-bond acceptors (Lipinski definition) is 6. The van der Waals surface area contributed by atoms with Crippen molar-refractivity contribution < 1.29 is 23.5 Å². The van der Waals surface area contributed by atoms with E-state index >= 15 is 0 Å². The second-order valence-corrected chi connectivity index (χ2v) is 7.67. The van der Waals surface area contributed by atoms with Crippen LogP contribution in [0, 0.1) is 0 Å². The summed E-state index contributed by atoms with van der Waals surface area (Å²) in [6.07, 6.45) is 3.30. The average Bonchev–Trinajstić information content (AvgIpc) is 3.25. The van der Waals surface area contributed by atoms with Crippen LogP contribution < -0.4 is 10.1 Å². The van der Waals surface area contributed by atoms with E-state index in [1.165, 1.54) is 4.90 Å². The molecular weight excluding hydrogens is 368 g/mol. The van der Waals surface area contributed by atoms with Gasteiger partial charge in [0.1, 0.15) is 0 Å². The molecule has 7 nitrogen and oxygen atoms in total. The van der Waals surface area contributed by atoms with Crippen molar-refractivity contribution in [1.29, 1.82) is 0 Å². The molecule has 1 saturated carbocycles. The number of ether oxygens (including phenoxy) is 1. The number of benzene rings is 1. The van der Waals surface area contributed by atoms with Gasteiger partial charge >= 0.3 is 0 Å². The highest BCUT2D eigenvalue weighted by Gasteiger charge is 2.41. The third-order valence-corrected chi connectivity index (χ3v) is 5.95. The molecule has 2 aromatic rings. The number of nitrogens with zero attached hydrogens (tertiary/aromatic N) is 1. The molecule has 0 bridgehead atoms. The fourth-order valence-corrected chi connectivity index (χ4v) is 4.58. The first-order valence-electron chi connectivity index (χ1n) is 8.94. The number of hydrogen-bond donors (Lipinski definition) is 1. The van der Waals surface area contributed by atoms with E-state index < -0.39 is 0 Å². The van der Waals surface area contributed by atoms with E-state index in [1.807, 2.05) is 12.1 Å². The summed E-state index contributed by atoms with van der Waals surface area (Å²) < 4.78 is 11.0. The number of furan rings is 1. The predicted octanol–water partition coefficient (Wildman–Crippen LogP) is 3.18. The van der Waals surface area contributed by atoms with Gasteiger partial charge in [-0.3, -0.25) is 19.3 Å². The summed E-state index contributed by atoms with van der Waals surface area (Å²) in [4.78, 5) is 38.3. The molecule has 1 saturated heterocycles. The molecule has 1 N–H and O–H groups in total. The standard InChI is InChI=1S/C19H20N2O5S/c1-25-14-8-4-5-11-9-15(26-17(11)14)18(23)20-12-6-2-3-7-13(12)21-16(22)10-27-19(21)24/h4-5,8-9,12-13H,2-3,6-7,10H2,1H3,(H,20,23)/t12-,13+/m1/s1. The molecule has 1 aliphatic carbocycles. The molecule has 0 unspecified atom stereocenters. The van der Waals surface area contributed by atoms with Crippen molar-refractivity contribution >= 4 is 39.8 Å². The molecule has 2 fully saturated rings. The molecule has 1 aromatic heterocycles. The molecule has 2 heterocycles. The van der Waals surface area contributed by atoms with Gasteiger partial charge in [0.15, 0.2) is 17.1 Å². The number of rotatable bonds is 4. The van der Waals surface area contributed by atoms with Crippen LogP contribution in [-0.4, -0.2) is 46.9 Å². The van der Waals surface area contributed by atoms with Crippen molar-refractivity contribution in [3.63, 3.8) is 0 Å². The average molecular weight is 388 g/mol. The normalized spacial score (nSPS) is 23.1. The van der Waals surface area contributed by atoms with Gasteiger partial charge < -0.3 is 14.5 Å². The van der Waals surface area contributed by atoms with E-state index in [9.17, 15) is 14.4 Å². The van der Waals surface area contributed by atoms with Gasteiger partial charge in [-0.2, -0.15) is 0 Å². The highest BCUT2D eigenvalue weighted by Crippen LogP contribution is 2.31. The number of methoxy groups -OCH3 is 1. The minimum atomic E-state index is -0.350. The van der Waals surface area contributed by atoms with Gasteiger partial charge in [0, 0.05) is 5.39 Å².